The maximum absolute atomic E-state index is 10.4. The first-order valence-electron chi connectivity index (χ1n) is 9.52. The summed E-state index contributed by atoms with van der Waals surface area (Å²) in [7, 11) is 0. The minimum Gasteiger partial charge on any atom is -0.368 e. The van der Waals surface area contributed by atoms with Crippen molar-refractivity contribution in [2.45, 2.75) is 77.7 Å². The summed E-state index contributed by atoms with van der Waals surface area (Å²) in [5.74, 6) is 0.594. The minimum absolute atomic E-state index is 0.197. The van der Waals surface area contributed by atoms with Gasteiger partial charge in [0.05, 0.1) is 6.04 Å². The number of nitrogens with two attached hydrogens (primary N) is 2. The number of carbonyl (C=O) groups excluding carboxylic acids is 1. The van der Waals surface area contributed by atoms with Gasteiger partial charge in [0.15, 0.2) is 0 Å². The number of carbonyl (C=O) groups is 1. The first-order chi connectivity index (χ1) is 11.7. The Morgan fingerprint density at radius 1 is 1.20 bits per heavy atom. The minimum atomic E-state index is -0.477. The van der Waals surface area contributed by atoms with Crippen LogP contribution in [-0.4, -0.2) is 11.9 Å². The summed E-state index contributed by atoms with van der Waals surface area (Å²) in [4.78, 5) is 10.4. The molecule has 1 unspecified atom stereocenters. The average Bonchev–Trinajstić information content (AvgIpc) is 2.54. The van der Waals surface area contributed by atoms with E-state index < -0.39 is 11.9 Å². The summed E-state index contributed by atoms with van der Waals surface area (Å²) in [6.07, 6.45) is 7.68. The predicted octanol–water partition coefficient (Wildman–Crippen LogP) is 5.04. The van der Waals surface area contributed by atoms with Crippen LogP contribution in [0.3, 0.4) is 0 Å². The van der Waals surface area contributed by atoms with E-state index in [9.17, 15) is 4.79 Å². The molecule has 0 spiro atoms. The molecule has 0 aromatic heterocycles. The van der Waals surface area contributed by atoms with Crippen LogP contribution >= 0.6 is 11.6 Å². The van der Waals surface area contributed by atoms with Gasteiger partial charge in [-0.1, -0.05) is 70.7 Å². The summed E-state index contributed by atoms with van der Waals surface area (Å²) >= 11 is 5.95. The molecule has 1 aliphatic rings. The van der Waals surface area contributed by atoms with Crippen LogP contribution in [-0.2, 0) is 10.2 Å². The van der Waals surface area contributed by atoms with Crippen LogP contribution < -0.4 is 11.5 Å². The lowest BCUT2D eigenvalue weighted by molar-refractivity contribution is -0.120. The molecule has 1 amide bonds. The van der Waals surface area contributed by atoms with E-state index in [-0.39, 0.29) is 5.92 Å². The third-order valence-corrected chi connectivity index (χ3v) is 5.81. The number of hydrogen-bond donors (Lipinski definition) is 2. The van der Waals surface area contributed by atoms with E-state index in [1.165, 1.54) is 37.7 Å². The lowest BCUT2D eigenvalue weighted by Crippen LogP contribution is -2.41. The third kappa shape index (κ3) is 6.63. The molecule has 3 nitrogen and oxygen atoms in total. The average molecular weight is 367 g/mol. The van der Waals surface area contributed by atoms with Gasteiger partial charge in [0.25, 0.3) is 0 Å². The summed E-state index contributed by atoms with van der Waals surface area (Å²) in [6.45, 7) is 8.52. The second-order valence-corrected chi connectivity index (χ2v) is 8.32. The quantitative estimate of drug-likeness (QED) is 0.709. The number of hydrogen-bond acceptors (Lipinski definition) is 2. The van der Waals surface area contributed by atoms with Crippen LogP contribution in [0.5, 0.6) is 0 Å². The maximum Gasteiger partial charge on any atom is 0.234 e. The molecule has 1 fully saturated rings. The summed E-state index contributed by atoms with van der Waals surface area (Å²) in [5.41, 5.74) is 12.3. The van der Waals surface area contributed by atoms with Crippen molar-refractivity contribution in [2.75, 3.05) is 0 Å². The number of primary amides is 1. The summed E-state index contributed by atoms with van der Waals surface area (Å²) < 4.78 is 0. The topological polar surface area (TPSA) is 69.1 Å². The number of amides is 1. The lowest BCUT2D eigenvalue weighted by atomic mass is 9.61. The van der Waals surface area contributed by atoms with Crippen molar-refractivity contribution in [3.8, 4) is 0 Å². The number of halogens is 1. The van der Waals surface area contributed by atoms with Crippen LogP contribution in [0.2, 0.25) is 5.02 Å². The highest BCUT2D eigenvalue weighted by Gasteiger charge is 2.37. The van der Waals surface area contributed by atoms with Gasteiger partial charge in [-0.15, -0.1) is 0 Å². The highest BCUT2D eigenvalue weighted by molar-refractivity contribution is 6.30. The van der Waals surface area contributed by atoms with Crippen molar-refractivity contribution >= 4 is 17.5 Å². The van der Waals surface area contributed by atoms with E-state index in [1.54, 1.807) is 0 Å². The van der Waals surface area contributed by atoms with Crippen molar-refractivity contribution in [3.05, 3.63) is 34.9 Å². The first-order valence-corrected chi connectivity index (χ1v) is 9.90. The molecule has 4 N–H and O–H groups in total. The van der Waals surface area contributed by atoms with Crippen LogP contribution in [0.1, 0.15) is 71.8 Å². The second kappa shape index (κ2) is 10.2. The highest BCUT2D eigenvalue weighted by Crippen LogP contribution is 2.47. The smallest absolute Gasteiger partial charge is 0.234 e. The van der Waals surface area contributed by atoms with Crippen LogP contribution in [0.25, 0.3) is 0 Å². The Hall–Kier alpha value is -1.06. The zero-order valence-electron chi connectivity index (χ0n) is 16.2. The monoisotopic (exact) mass is 366 g/mol. The van der Waals surface area contributed by atoms with Crippen molar-refractivity contribution in [3.63, 3.8) is 0 Å². The molecule has 2 atom stereocenters. The summed E-state index contributed by atoms with van der Waals surface area (Å²) in [6, 6.07) is 8.04. The van der Waals surface area contributed by atoms with Crippen LogP contribution in [0, 0.1) is 11.8 Å². The van der Waals surface area contributed by atoms with Crippen LogP contribution in [0.4, 0.5) is 0 Å². The molecule has 25 heavy (non-hydrogen) atoms. The van der Waals surface area contributed by atoms with E-state index in [4.69, 9.17) is 23.1 Å². The van der Waals surface area contributed by atoms with E-state index in [0.717, 1.165) is 17.4 Å². The molecule has 0 bridgehead atoms. The first kappa shape index (κ1) is 22.0. The normalized spacial score (nSPS) is 17.9. The molecule has 0 saturated heterocycles. The van der Waals surface area contributed by atoms with E-state index in [0.29, 0.717) is 5.41 Å². The molecular weight excluding hydrogens is 332 g/mol. The third-order valence-electron chi connectivity index (χ3n) is 5.55. The largest absolute Gasteiger partial charge is 0.368 e. The molecule has 0 aliphatic heterocycles. The van der Waals surface area contributed by atoms with Gasteiger partial charge in [0.2, 0.25) is 5.91 Å². The fraction of sp³-hybridized carbons (Fsp3) is 0.667. The predicted molar refractivity (Wildman–Crippen MR) is 108 cm³/mol. The van der Waals surface area contributed by atoms with Crippen molar-refractivity contribution < 1.29 is 4.79 Å². The fourth-order valence-corrected chi connectivity index (χ4v) is 3.32. The number of rotatable bonds is 7. The lowest BCUT2D eigenvalue weighted by Gasteiger charge is -2.43. The molecule has 0 heterocycles. The van der Waals surface area contributed by atoms with Gasteiger partial charge >= 0.3 is 0 Å². The van der Waals surface area contributed by atoms with Crippen LogP contribution in [0.15, 0.2) is 24.3 Å². The Kier molecular flexibility index (Phi) is 8.95. The molecule has 4 heteroatoms. The second-order valence-electron chi connectivity index (χ2n) is 7.89. The molecule has 1 aromatic rings. The Morgan fingerprint density at radius 2 is 1.76 bits per heavy atom. The van der Waals surface area contributed by atoms with E-state index in [1.807, 2.05) is 26.0 Å². The number of benzene rings is 1. The van der Waals surface area contributed by atoms with Gasteiger partial charge in [-0.05, 0) is 54.2 Å². The molecule has 2 rings (SSSR count). The maximum atomic E-state index is 10.4. The SMILES string of the molecule is CC(C)CCC1(c2ccc(Cl)cc2)CCC1.CC[C@H](C)C(N)C(N)=O. The Morgan fingerprint density at radius 3 is 2.08 bits per heavy atom. The van der Waals surface area contributed by atoms with Crippen molar-refractivity contribution in [2.24, 2.45) is 23.3 Å². The van der Waals surface area contributed by atoms with Crippen molar-refractivity contribution in [1.82, 2.24) is 0 Å². The zero-order chi connectivity index (χ0) is 19.0. The molecule has 0 radical (unpaired) electrons. The van der Waals surface area contributed by atoms with Gasteiger partial charge in [-0.25, -0.2) is 0 Å². The Bertz CT molecular complexity index is 523. The van der Waals surface area contributed by atoms with Gasteiger partial charge in [-0.2, -0.15) is 0 Å². The van der Waals surface area contributed by atoms with Gasteiger partial charge in [0.1, 0.15) is 0 Å². The molecule has 142 valence electrons. The Labute approximate surface area is 158 Å². The van der Waals surface area contributed by atoms with E-state index in [2.05, 4.69) is 26.0 Å². The van der Waals surface area contributed by atoms with Gasteiger partial charge in [0, 0.05) is 5.02 Å². The highest BCUT2D eigenvalue weighted by atomic mass is 35.5. The molecule has 1 saturated carbocycles. The Balaban J connectivity index is 0.000000299. The van der Waals surface area contributed by atoms with Gasteiger partial charge in [-0.3, -0.25) is 4.79 Å². The molecule has 1 aliphatic carbocycles. The van der Waals surface area contributed by atoms with Crippen molar-refractivity contribution in [1.29, 1.82) is 0 Å². The summed E-state index contributed by atoms with van der Waals surface area (Å²) in [5, 5.41) is 0.849. The van der Waals surface area contributed by atoms with Gasteiger partial charge < -0.3 is 11.5 Å². The molecular formula is C21H35ClN2O. The standard InChI is InChI=1S/C15H21Cl.C6H14N2O/c1-12(2)8-11-15(9-3-10-15)13-4-6-14(16)7-5-13;1-3-4(2)5(7)6(8)9/h4-7,12H,3,8-11H2,1-2H3;4-5H,3,7H2,1-2H3,(H2,8,9)/t;4-,5?/m.0/s1. The van der Waals surface area contributed by atoms with E-state index >= 15 is 0 Å². The zero-order valence-corrected chi connectivity index (χ0v) is 17.0. The fourth-order valence-electron chi connectivity index (χ4n) is 3.19. The molecule has 1 aromatic carbocycles.